The van der Waals surface area contributed by atoms with Crippen LogP contribution in [0.15, 0.2) is 17.2 Å². The van der Waals surface area contributed by atoms with Crippen LogP contribution in [0, 0.1) is 0 Å². The van der Waals surface area contributed by atoms with Crippen LogP contribution < -0.4 is 10.0 Å². The molecule has 0 aromatic carbocycles. The Kier molecular flexibility index (Phi) is 6.19. The molecule has 1 aromatic rings. The predicted molar refractivity (Wildman–Crippen MR) is 79.0 cm³/mol. The molecule has 20 heavy (non-hydrogen) atoms. The largest absolute Gasteiger partial charge is 0.380 e. The predicted octanol–water partition coefficient (Wildman–Crippen LogP) is 0.836. The van der Waals surface area contributed by atoms with Crippen LogP contribution in [0.25, 0.3) is 0 Å². The third-order valence-electron chi connectivity index (χ3n) is 3.05. The second kappa shape index (κ2) is 7.21. The molecule has 6 nitrogen and oxygen atoms in total. The van der Waals surface area contributed by atoms with Crippen molar-refractivity contribution in [1.29, 1.82) is 0 Å². The van der Waals surface area contributed by atoms with Crippen LogP contribution in [0.5, 0.6) is 0 Å². The molecule has 2 N–H and O–H groups in total. The minimum atomic E-state index is -3.48. The van der Waals surface area contributed by atoms with E-state index in [2.05, 4.69) is 10.0 Å². The van der Waals surface area contributed by atoms with Crippen molar-refractivity contribution < 1.29 is 13.2 Å². The highest BCUT2D eigenvalue weighted by molar-refractivity contribution is 7.89. The summed E-state index contributed by atoms with van der Waals surface area (Å²) in [6.07, 6.45) is 1.47. The molecule has 7 heteroatoms. The highest BCUT2D eigenvalue weighted by atomic mass is 32.2. The Morgan fingerprint density at radius 3 is 2.55 bits per heavy atom. The number of aromatic nitrogens is 1. The van der Waals surface area contributed by atoms with Gasteiger partial charge in [0.1, 0.15) is 0 Å². The molecule has 1 unspecified atom stereocenters. The summed E-state index contributed by atoms with van der Waals surface area (Å²) in [5.74, 6) is 0. The van der Waals surface area contributed by atoms with Crippen LogP contribution in [0.3, 0.4) is 0 Å². The monoisotopic (exact) mass is 303 g/mol. The number of nitrogens with one attached hydrogen (secondary N) is 2. The highest BCUT2D eigenvalue weighted by Gasteiger charge is 2.18. The van der Waals surface area contributed by atoms with Gasteiger partial charge in [0.15, 0.2) is 0 Å². The molecule has 1 aromatic heterocycles. The van der Waals surface area contributed by atoms with Crippen LogP contribution in [-0.4, -0.2) is 38.8 Å². The van der Waals surface area contributed by atoms with E-state index in [4.69, 9.17) is 4.74 Å². The Morgan fingerprint density at radius 1 is 1.35 bits per heavy atom. The molecule has 0 aliphatic rings. The number of methoxy groups -OCH3 is 1. The summed E-state index contributed by atoms with van der Waals surface area (Å²) in [5.41, 5.74) is 0.930. The van der Waals surface area contributed by atoms with E-state index in [1.165, 1.54) is 0 Å². The first kappa shape index (κ1) is 17.2. The molecule has 0 radical (unpaired) electrons. The molecule has 116 valence electrons. The lowest BCUT2D eigenvalue weighted by atomic mass is 10.3. The Hall–Kier alpha value is -0.890. The van der Waals surface area contributed by atoms with Gasteiger partial charge in [-0.15, -0.1) is 0 Å². The van der Waals surface area contributed by atoms with Gasteiger partial charge >= 0.3 is 0 Å². The summed E-state index contributed by atoms with van der Waals surface area (Å²) < 4.78 is 33.7. The first-order chi connectivity index (χ1) is 9.26. The summed E-state index contributed by atoms with van der Waals surface area (Å²) in [6.45, 7) is 6.81. The molecule has 0 fully saturated rings. The molecule has 1 atom stereocenters. The summed E-state index contributed by atoms with van der Waals surface area (Å²) in [7, 11) is -0.0901. The quantitative estimate of drug-likeness (QED) is 0.746. The maximum atomic E-state index is 12.2. The molecule has 0 spiro atoms. The van der Waals surface area contributed by atoms with E-state index in [-0.39, 0.29) is 17.5 Å². The Labute approximate surface area is 121 Å². The van der Waals surface area contributed by atoms with Crippen LogP contribution in [0.2, 0.25) is 0 Å². The Balaban J connectivity index is 2.78. The number of aryl methyl sites for hydroxylation is 1. The van der Waals surface area contributed by atoms with E-state index in [0.717, 1.165) is 5.69 Å². The average molecular weight is 303 g/mol. The summed E-state index contributed by atoms with van der Waals surface area (Å²) in [4.78, 5) is 0.281. The number of ether oxygens (including phenoxy) is 1. The number of sulfonamides is 1. The third-order valence-corrected chi connectivity index (χ3v) is 4.44. The molecule has 0 saturated heterocycles. The number of hydrogen-bond acceptors (Lipinski definition) is 4. The lowest BCUT2D eigenvalue weighted by molar-refractivity contribution is 0.122. The van der Waals surface area contributed by atoms with Crippen molar-refractivity contribution in [1.82, 2.24) is 14.6 Å². The Morgan fingerprint density at radius 2 is 2.00 bits per heavy atom. The summed E-state index contributed by atoms with van der Waals surface area (Å²) in [6, 6.07) is 2.04. The van der Waals surface area contributed by atoms with E-state index in [9.17, 15) is 8.42 Å². The number of nitrogens with zero attached hydrogens (tertiary/aromatic N) is 1. The van der Waals surface area contributed by atoms with Gasteiger partial charge in [-0.2, -0.15) is 0 Å². The molecule has 0 saturated carbocycles. The van der Waals surface area contributed by atoms with Crippen molar-refractivity contribution in [2.75, 3.05) is 13.7 Å². The van der Waals surface area contributed by atoms with Crippen LogP contribution >= 0.6 is 0 Å². The number of hydrogen-bond donors (Lipinski definition) is 2. The maximum Gasteiger partial charge on any atom is 0.242 e. The summed E-state index contributed by atoms with van der Waals surface area (Å²) in [5, 5.41) is 3.27. The normalized spacial score (nSPS) is 13.9. The zero-order chi connectivity index (χ0) is 15.3. The van der Waals surface area contributed by atoms with Crippen molar-refractivity contribution in [2.45, 2.75) is 44.4 Å². The molecule has 1 heterocycles. The second-order valence-electron chi connectivity index (χ2n) is 5.21. The van der Waals surface area contributed by atoms with Gasteiger partial charge in [0, 0.05) is 45.2 Å². The minimum absolute atomic E-state index is 0.157. The van der Waals surface area contributed by atoms with Crippen LogP contribution in [-0.2, 0) is 28.4 Å². The lowest BCUT2D eigenvalue weighted by Crippen LogP contribution is -2.31. The fourth-order valence-electron chi connectivity index (χ4n) is 1.60. The molecular formula is C13H25N3O3S. The fourth-order valence-corrected chi connectivity index (χ4v) is 2.81. The molecular weight excluding hydrogens is 278 g/mol. The van der Waals surface area contributed by atoms with Crippen molar-refractivity contribution in [2.24, 2.45) is 7.05 Å². The van der Waals surface area contributed by atoms with Crippen LogP contribution in [0.4, 0.5) is 0 Å². The van der Waals surface area contributed by atoms with Crippen molar-refractivity contribution in [3.05, 3.63) is 18.0 Å². The molecule has 0 aliphatic carbocycles. The van der Waals surface area contributed by atoms with E-state index >= 15 is 0 Å². The highest BCUT2D eigenvalue weighted by Crippen LogP contribution is 2.13. The van der Waals surface area contributed by atoms with Gasteiger partial charge in [-0.1, -0.05) is 13.8 Å². The van der Waals surface area contributed by atoms with Crippen LogP contribution in [0.1, 0.15) is 26.5 Å². The van der Waals surface area contributed by atoms with Gasteiger partial charge in [-0.05, 0) is 13.0 Å². The van der Waals surface area contributed by atoms with E-state index in [1.54, 1.807) is 19.4 Å². The van der Waals surface area contributed by atoms with Gasteiger partial charge in [0.05, 0.1) is 11.0 Å². The van der Waals surface area contributed by atoms with Crippen molar-refractivity contribution >= 4 is 10.0 Å². The second-order valence-corrected chi connectivity index (χ2v) is 6.98. The minimum Gasteiger partial charge on any atom is -0.380 e. The average Bonchev–Trinajstić information content (AvgIpc) is 2.75. The van der Waals surface area contributed by atoms with Crippen molar-refractivity contribution in [3.63, 3.8) is 0 Å². The third kappa shape index (κ3) is 4.90. The fraction of sp³-hybridized carbons (Fsp3) is 0.692. The summed E-state index contributed by atoms with van der Waals surface area (Å²) >= 11 is 0. The van der Waals surface area contributed by atoms with Gasteiger partial charge in [0.2, 0.25) is 10.0 Å². The van der Waals surface area contributed by atoms with Gasteiger partial charge in [0.25, 0.3) is 0 Å². The molecule has 0 bridgehead atoms. The van der Waals surface area contributed by atoms with Gasteiger partial charge < -0.3 is 14.6 Å². The molecule has 0 aliphatic heterocycles. The topological polar surface area (TPSA) is 72.4 Å². The maximum absolute atomic E-state index is 12.2. The first-order valence-corrected chi connectivity index (χ1v) is 8.15. The lowest BCUT2D eigenvalue weighted by Gasteiger charge is -2.10. The zero-order valence-electron chi connectivity index (χ0n) is 12.8. The molecule has 0 amide bonds. The molecule has 1 rings (SSSR count). The van der Waals surface area contributed by atoms with E-state index < -0.39 is 10.0 Å². The number of rotatable bonds is 8. The van der Waals surface area contributed by atoms with E-state index in [0.29, 0.717) is 12.6 Å². The SMILES string of the molecule is COC(C)CNS(=O)(=O)c1cc(CNC(C)C)n(C)c1. The van der Waals surface area contributed by atoms with E-state index in [1.807, 2.05) is 32.4 Å². The standard InChI is InChI=1S/C13H25N3O3S/c1-10(2)14-8-12-6-13(9-16(12)4)20(17,18)15-7-11(3)19-5/h6,9-11,14-15H,7-8H2,1-5H3. The zero-order valence-corrected chi connectivity index (χ0v) is 13.6. The Bertz CT molecular complexity index is 523. The first-order valence-electron chi connectivity index (χ1n) is 6.67. The van der Waals surface area contributed by atoms with Gasteiger partial charge in [-0.25, -0.2) is 13.1 Å². The smallest absolute Gasteiger partial charge is 0.242 e. The van der Waals surface area contributed by atoms with Gasteiger partial charge in [-0.3, -0.25) is 0 Å². The van der Waals surface area contributed by atoms with Crippen molar-refractivity contribution in [3.8, 4) is 0 Å².